The Hall–Kier alpha value is -2.63. The van der Waals surface area contributed by atoms with Gasteiger partial charge in [0.25, 0.3) is 5.91 Å². The summed E-state index contributed by atoms with van der Waals surface area (Å²) in [5.41, 5.74) is -0.112. The lowest BCUT2D eigenvalue weighted by Crippen LogP contribution is -2.50. The molecule has 0 aliphatic heterocycles. The molecule has 0 aliphatic rings. The quantitative estimate of drug-likeness (QED) is 0.930. The fraction of sp³-hybridized carbons (Fsp3) is 0.267. The summed E-state index contributed by atoms with van der Waals surface area (Å²) in [6.07, 6.45) is 3.02. The Balaban J connectivity index is 2.26. The van der Waals surface area contributed by atoms with E-state index in [0.717, 1.165) is 5.69 Å². The summed E-state index contributed by atoms with van der Waals surface area (Å²) in [7, 11) is 1.47. The van der Waals surface area contributed by atoms with Crippen LogP contribution >= 0.6 is 0 Å². The molecule has 1 amide bonds. The first-order valence-corrected chi connectivity index (χ1v) is 6.45. The molecule has 0 unspecified atom stereocenters. The molecule has 1 aromatic carbocycles. The molecule has 0 bridgehead atoms. The first-order chi connectivity index (χ1) is 9.84. The normalized spacial score (nSPS) is 11.2. The molecule has 0 radical (unpaired) electrons. The van der Waals surface area contributed by atoms with Gasteiger partial charge >= 0.3 is 5.97 Å². The molecule has 1 heterocycles. The number of para-hydroxylation sites is 1. The van der Waals surface area contributed by atoms with Gasteiger partial charge in [-0.1, -0.05) is 18.2 Å². The van der Waals surface area contributed by atoms with E-state index in [0.29, 0.717) is 5.56 Å². The van der Waals surface area contributed by atoms with E-state index in [2.05, 4.69) is 5.10 Å². The van der Waals surface area contributed by atoms with Crippen LogP contribution in [0.1, 0.15) is 24.2 Å². The number of carboxylic acid groups (broad SMARTS) is 1. The predicted octanol–water partition coefficient (Wildman–Crippen LogP) is 1.81. The van der Waals surface area contributed by atoms with Crippen LogP contribution in [-0.2, 0) is 4.79 Å². The van der Waals surface area contributed by atoms with E-state index in [1.54, 1.807) is 10.9 Å². The van der Waals surface area contributed by atoms with E-state index in [1.807, 2.05) is 30.3 Å². The first kappa shape index (κ1) is 14.8. The van der Waals surface area contributed by atoms with Gasteiger partial charge in [-0.05, 0) is 26.0 Å². The average molecular weight is 287 g/mol. The Morgan fingerprint density at radius 1 is 1.24 bits per heavy atom. The van der Waals surface area contributed by atoms with Gasteiger partial charge in [0.2, 0.25) is 0 Å². The molecule has 0 fully saturated rings. The zero-order chi connectivity index (χ0) is 15.6. The molecule has 0 aliphatic carbocycles. The molecule has 6 nitrogen and oxygen atoms in total. The molecule has 2 aromatic rings. The molecule has 2 rings (SSSR count). The number of benzene rings is 1. The van der Waals surface area contributed by atoms with E-state index in [4.69, 9.17) is 0 Å². The summed E-state index contributed by atoms with van der Waals surface area (Å²) in [5.74, 6) is -1.45. The molecule has 6 heteroatoms. The van der Waals surface area contributed by atoms with Crippen molar-refractivity contribution in [1.29, 1.82) is 0 Å². The van der Waals surface area contributed by atoms with Crippen LogP contribution in [0.4, 0.5) is 0 Å². The van der Waals surface area contributed by atoms with Crippen molar-refractivity contribution in [2.45, 2.75) is 19.4 Å². The first-order valence-electron chi connectivity index (χ1n) is 6.45. The maximum absolute atomic E-state index is 12.3. The SMILES string of the molecule is CN(C(=O)c1cnn(-c2ccccc2)c1)C(C)(C)C(=O)O. The highest BCUT2D eigenvalue weighted by Crippen LogP contribution is 2.17. The van der Waals surface area contributed by atoms with Crippen LogP contribution in [0.2, 0.25) is 0 Å². The topological polar surface area (TPSA) is 75.4 Å². The number of hydrogen-bond donors (Lipinski definition) is 1. The van der Waals surface area contributed by atoms with Gasteiger partial charge in [0.05, 0.1) is 17.4 Å². The highest BCUT2D eigenvalue weighted by molar-refractivity contribution is 5.97. The Kier molecular flexibility index (Phi) is 3.80. The van der Waals surface area contributed by atoms with Crippen molar-refractivity contribution in [2.75, 3.05) is 7.05 Å². The summed E-state index contributed by atoms with van der Waals surface area (Å²) >= 11 is 0. The van der Waals surface area contributed by atoms with Gasteiger partial charge in [-0.3, -0.25) is 4.79 Å². The smallest absolute Gasteiger partial charge is 0.329 e. The minimum Gasteiger partial charge on any atom is -0.480 e. The largest absolute Gasteiger partial charge is 0.480 e. The molecule has 1 N–H and O–H groups in total. The second-order valence-corrected chi connectivity index (χ2v) is 5.24. The van der Waals surface area contributed by atoms with Crippen LogP contribution in [0.15, 0.2) is 42.7 Å². The Morgan fingerprint density at radius 3 is 2.43 bits per heavy atom. The number of hydrogen-bond acceptors (Lipinski definition) is 3. The predicted molar refractivity (Wildman–Crippen MR) is 77.4 cm³/mol. The van der Waals surface area contributed by atoms with Crippen LogP contribution in [0.5, 0.6) is 0 Å². The second kappa shape index (κ2) is 5.40. The fourth-order valence-corrected chi connectivity index (χ4v) is 1.75. The fourth-order valence-electron chi connectivity index (χ4n) is 1.75. The number of rotatable bonds is 4. The lowest BCUT2D eigenvalue weighted by atomic mass is 10.0. The number of carboxylic acids is 1. The Labute approximate surface area is 122 Å². The van der Waals surface area contributed by atoms with E-state index in [-0.39, 0.29) is 5.91 Å². The van der Waals surface area contributed by atoms with Crippen molar-refractivity contribution in [2.24, 2.45) is 0 Å². The monoisotopic (exact) mass is 287 g/mol. The Morgan fingerprint density at radius 2 is 1.86 bits per heavy atom. The second-order valence-electron chi connectivity index (χ2n) is 5.24. The zero-order valence-electron chi connectivity index (χ0n) is 12.1. The summed E-state index contributed by atoms with van der Waals surface area (Å²) < 4.78 is 1.58. The lowest BCUT2D eigenvalue weighted by Gasteiger charge is -2.31. The molecular weight excluding hydrogens is 270 g/mol. The van der Waals surface area contributed by atoms with Crippen LogP contribution in [-0.4, -0.2) is 44.3 Å². The molecule has 1 aromatic heterocycles. The van der Waals surface area contributed by atoms with Crippen LogP contribution in [0.25, 0.3) is 5.69 Å². The van der Waals surface area contributed by atoms with Gasteiger partial charge in [-0.25, -0.2) is 9.48 Å². The molecule has 0 saturated carbocycles. The van der Waals surface area contributed by atoms with E-state index in [9.17, 15) is 14.7 Å². The van der Waals surface area contributed by atoms with Gasteiger partial charge in [0.15, 0.2) is 0 Å². The summed E-state index contributed by atoms with van der Waals surface area (Å²) in [6, 6.07) is 9.37. The van der Waals surface area contributed by atoms with E-state index >= 15 is 0 Å². The Bertz CT molecular complexity index is 662. The van der Waals surface area contributed by atoms with Crippen molar-refractivity contribution in [3.63, 3.8) is 0 Å². The van der Waals surface area contributed by atoms with Crippen molar-refractivity contribution in [3.8, 4) is 5.69 Å². The highest BCUT2D eigenvalue weighted by Gasteiger charge is 2.35. The third kappa shape index (κ3) is 2.79. The summed E-state index contributed by atoms with van der Waals surface area (Å²) in [4.78, 5) is 24.8. The molecule has 0 spiro atoms. The summed E-state index contributed by atoms with van der Waals surface area (Å²) in [6.45, 7) is 2.96. The molecule has 21 heavy (non-hydrogen) atoms. The molecule has 110 valence electrons. The third-order valence-electron chi connectivity index (χ3n) is 3.52. The van der Waals surface area contributed by atoms with Crippen molar-refractivity contribution in [1.82, 2.24) is 14.7 Å². The van der Waals surface area contributed by atoms with Crippen LogP contribution in [0, 0.1) is 0 Å². The number of carbonyl (C=O) groups excluding carboxylic acids is 1. The highest BCUT2D eigenvalue weighted by atomic mass is 16.4. The molecule has 0 saturated heterocycles. The van der Waals surface area contributed by atoms with E-state index < -0.39 is 11.5 Å². The number of likely N-dealkylation sites (N-methyl/N-ethyl adjacent to an activating group) is 1. The number of amides is 1. The van der Waals surface area contributed by atoms with E-state index in [1.165, 1.54) is 32.0 Å². The number of aromatic nitrogens is 2. The van der Waals surface area contributed by atoms with Gasteiger partial charge < -0.3 is 10.0 Å². The van der Waals surface area contributed by atoms with Crippen molar-refractivity contribution >= 4 is 11.9 Å². The maximum Gasteiger partial charge on any atom is 0.329 e. The number of carbonyl (C=O) groups is 2. The van der Waals surface area contributed by atoms with Crippen LogP contribution < -0.4 is 0 Å². The van der Waals surface area contributed by atoms with Crippen molar-refractivity contribution in [3.05, 3.63) is 48.3 Å². The number of nitrogens with zero attached hydrogens (tertiary/aromatic N) is 3. The minimum absolute atomic E-state index is 0.343. The summed E-state index contributed by atoms with van der Waals surface area (Å²) in [5, 5.41) is 13.3. The zero-order valence-corrected chi connectivity index (χ0v) is 12.1. The van der Waals surface area contributed by atoms with Crippen LogP contribution in [0.3, 0.4) is 0 Å². The molecular formula is C15H17N3O3. The minimum atomic E-state index is -1.29. The molecule has 0 atom stereocenters. The third-order valence-corrected chi connectivity index (χ3v) is 3.52. The standard InChI is InChI=1S/C15H17N3O3/c1-15(2,14(20)21)17(3)13(19)11-9-16-18(10-11)12-7-5-4-6-8-12/h4-10H,1-3H3,(H,20,21). The number of aliphatic carboxylic acids is 1. The van der Waals surface area contributed by atoms with Crippen molar-refractivity contribution < 1.29 is 14.7 Å². The van der Waals surface area contributed by atoms with Gasteiger partial charge in [-0.15, -0.1) is 0 Å². The van der Waals surface area contributed by atoms with Gasteiger partial charge in [0, 0.05) is 13.2 Å². The van der Waals surface area contributed by atoms with Gasteiger partial charge in [0.1, 0.15) is 5.54 Å². The average Bonchev–Trinajstić information content (AvgIpc) is 2.96. The van der Waals surface area contributed by atoms with Gasteiger partial charge in [-0.2, -0.15) is 5.10 Å². The maximum atomic E-state index is 12.3. The lowest BCUT2D eigenvalue weighted by molar-refractivity contribution is -0.147.